The van der Waals surface area contributed by atoms with E-state index in [-0.39, 0.29) is 17.9 Å². The molecule has 2 unspecified atom stereocenters. The second-order valence-corrected chi connectivity index (χ2v) is 7.98. The van der Waals surface area contributed by atoms with E-state index in [0.29, 0.717) is 22.7 Å². The Morgan fingerprint density at radius 2 is 2.08 bits per heavy atom. The van der Waals surface area contributed by atoms with Crippen molar-refractivity contribution in [1.29, 1.82) is 0 Å². The van der Waals surface area contributed by atoms with Crippen LogP contribution in [0.3, 0.4) is 0 Å². The van der Waals surface area contributed by atoms with E-state index in [1.54, 1.807) is 6.92 Å². The number of hydrogen-bond acceptors (Lipinski definition) is 4. The van der Waals surface area contributed by atoms with Crippen molar-refractivity contribution in [2.75, 3.05) is 39.3 Å². The molecule has 0 radical (unpaired) electrons. The van der Waals surface area contributed by atoms with Crippen LogP contribution in [0.25, 0.3) is 0 Å². The minimum absolute atomic E-state index is 0.0568. The third kappa shape index (κ3) is 5.33. The first kappa shape index (κ1) is 19.9. The van der Waals surface area contributed by atoms with E-state index < -0.39 is 0 Å². The predicted octanol–water partition coefficient (Wildman–Crippen LogP) is 2.67. The molecule has 2 fully saturated rings. The highest BCUT2D eigenvalue weighted by molar-refractivity contribution is 6.42. The van der Waals surface area contributed by atoms with Gasteiger partial charge in [-0.1, -0.05) is 29.3 Å². The summed E-state index contributed by atoms with van der Waals surface area (Å²) in [6, 6.07) is 6.16. The van der Waals surface area contributed by atoms with E-state index >= 15 is 0 Å². The Morgan fingerprint density at radius 3 is 2.77 bits per heavy atom. The molecule has 1 aromatic carbocycles. The summed E-state index contributed by atoms with van der Waals surface area (Å²) in [5.74, 6) is 0.293. The molecule has 0 saturated carbocycles. The van der Waals surface area contributed by atoms with Gasteiger partial charge < -0.3 is 20.3 Å². The number of halogens is 2. The molecule has 1 amide bonds. The normalized spacial score (nSPS) is 25.7. The zero-order valence-corrected chi connectivity index (χ0v) is 16.7. The fourth-order valence-electron chi connectivity index (χ4n) is 3.84. The first-order valence-electron chi connectivity index (χ1n) is 9.29. The fraction of sp³-hybridized carbons (Fsp3) is 0.632. The summed E-state index contributed by atoms with van der Waals surface area (Å²) in [6.07, 6.45) is 2.09. The highest BCUT2D eigenvalue weighted by Crippen LogP contribution is 2.30. The minimum atomic E-state index is 0.0568. The average Bonchev–Trinajstić information content (AvgIpc) is 2.84. The van der Waals surface area contributed by atoms with E-state index in [1.807, 2.05) is 18.2 Å². The summed E-state index contributed by atoms with van der Waals surface area (Å²) >= 11 is 12.3. The van der Waals surface area contributed by atoms with E-state index in [1.165, 1.54) is 0 Å². The molecule has 2 saturated heterocycles. The summed E-state index contributed by atoms with van der Waals surface area (Å²) < 4.78 is 6.18. The lowest BCUT2D eigenvalue weighted by Crippen LogP contribution is -2.47. The number of nitrogens with one attached hydrogen (secondary N) is 2. The second kappa shape index (κ2) is 9.38. The van der Waals surface area contributed by atoms with Crippen LogP contribution in [0.5, 0.6) is 0 Å². The van der Waals surface area contributed by atoms with Gasteiger partial charge >= 0.3 is 0 Å². The maximum absolute atomic E-state index is 11.2. The van der Waals surface area contributed by atoms with Crippen LogP contribution in [0, 0.1) is 0 Å². The molecule has 2 aliphatic rings. The van der Waals surface area contributed by atoms with Crippen molar-refractivity contribution >= 4 is 29.1 Å². The van der Waals surface area contributed by atoms with Gasteiger partial charge in [0, 0.05) is 51.6 Å². The summed E-state index contributed by atoms with van der Waals surface area (Å²) in [5, 5.41) is 7.65. The Balaban J connectivity index is 1.64. The van der Waals surface area contributed by atoms with Crippen LogP contribution in [-0.4, -0.2) is 62.3 Å². The Bertz CT molecular complexity index is 621. The third-order valence-electron chi connectivity index (χ3n) is 5.23. The molecule has 3 rings (SSSR count). The molecule has 26 heavy (non-hydrogen) atoms. The van der Waals surface area contributed by atoms with Gasteiger partial charge in [0.05, 0.1) is 22.8 Å². The lowest BCUT2D eigenvalue weighted by molar-refractivity contribution is -0.120. The molecule has 7 heteroatoms. The van der Waals surface area contributed by atoms with Crippen molar-refractivity contribution in [3.05, 3.63) is 33.8 Å². The zero-order valence-electron chi connectivity index (χ0n) is 15.1. The molecule has 2 atom stereocenters. The molecular formula is C19H27Cl2N3O2. The van der Waals surface area contributed by atoms with Crippen LogP contribution in [-0.2, 0) is 9.53 Å². The Kier molecular flexibility index (Phi) is 7.18. The fourth-order valence-corrected chi connectivity index (χ4v) is 4.15. The van der Waals surface area contributed by atoms with Gasteiger partial charge in [0.1, 0.15) is 0 Å². The van der Waals surface area contributed by atoms with Crippen molar-refractivity contribution in [2.45, 2.75) is 37.8 Å². The third-order valence-corrected chi connectivity index (χ3v) is 5.97. The molecule has 2 heterocycles. The van der Waals surface area contributed by atoms with Crippen molar-refractivity contribution < 1.29 is 9.53 Å². The topological polar surface area (TPSA) is 53.6 Å². The number of likely N-dealkylation sites (tertiary alicyclic amines) is 1. The van der Waals surface area contributed by atoms with Crippen LogP contribution >= 0.6 is 23.2 Å². The van der Waals surface area contributed by atoms with Gasteiger partial charge in [0.15, 0.2) is 0 Å². The molecular weight excluding hydrogens is 373 g/mol. The number of ether oxygens (including phenoxy) is 1. The molecule has 2 N–H and O–H groups in total. The predicted molar refractivity (Wildman–Crippen MR) is 105 cm³/mol. The SMILES string of the molecule is CC(=O)NC1CCN(CC2OCCNCC2c2ccc(Cl)c(Cl)c2)CC1. The summed E-state index contributed by atoms with van der Waals surface area (Å²) in [4.78, 5) is 13.7. The van der Waals surface area contributed by atoms with Gasteiger partial charge in [-0.2, -0.15) is 0 Å². The number of carbonyl (C=O) groups is 1. The van der Waals surface area contributed by atoms with Crippen LogP contribution < -0.4 is 10.6 Å². The molecule has 5 nitrogen and oxygen atoms in total. The van der Waals surface area contributed by atoms with E-state index in [4.69, 9.17) is 27.9 Å². The Hall–Kier alpha value is -0.850. The minimum Gasteiger partial charge on any atom is -0.375 e. The average molecular weight is 400 g/mol. The number of piperidine rings is 1. The summed E-state index contributed by atoms with van der Waals surface area (Å²) in [7, 11) is 0. The standard InChI is InChI=1S/C19H27Cl2N3O2/c1-13(25)23-15-4-7-24(8-5-15)12-19-16(11-22-6-9-26-19)14-2-3-17(20)18(21)10-14/h2-3,10,15-16,19,22H,4-9,11-12H2,1H3,(H,23,25). The Morgan fingerprint density at radius 1 is 1.31 bits per heavy atom. The molecule has 0 spiro atoms. The van der Waals surface area contributed by atoms with Crippen LogP contribution in [0.4, 0.5) is 0 Å². The summed E-state index contributed by atoms with van der Waals surface area (Å²) in [6.45, 7) is 6.87. The number of nitrogens with zero attached hydrogens (tertiary/aromatic N) is 1. The van der Waals surface area contributed by atoms with Crippen LogP contribution in [0.2, 0.25) is 10.0 Å². The first-order chi connectivity index (χ1) is 12.5. The number of carbonyl (C=O) groups excluding carboxylic acids is 1. The number of rotatable bonds is 4. The molecule has 0 aromatic heterocycles. The van der Waals surface area contributed by atoms with Gasteiger partial charge in [0.25, 0.3) is 0 Å². The maximum atomic E-state index is 11.2. The second-order valence-electron chi connectivity index (χ2n) is 7.17. The van der Waals surface area contributed by atoms with E-state index in [9.17, 15) is 4.79 Å². The van der Waals surface area contributed by atoms with Gasteiger partial charge in [-0.25, -0.2) is 0 Å². The van der Waals surface area contributed by atoms with Crippen molar-refractivity contribution in [3.63, 3.8) is 0 Å². The maximum Gasteiger partial charge on any atom is 0.217 e. The van der Waals surface area contributed by atoms with Gasteiger partial charge in [-0.15, -0.1) is 0 Å². The molecule has 0 aliphatic carbocycles. The largest absolute Gasteiger partial charge is 0.375 e. The van der Waals surface area contributed by atoms with E-state index in [2.05, 4.69) is 15.5 Å². The van der Waals surface area contributed by atoms with Crippen molar-refractivity contribution in [1.82, 2.24) is 15.5 Å². The molecule has 2 aliphatic heterocycles. The number of benzene rings is 1. The van der Waals surface area contributed by atoms with Gasteiger partial charge in [-0.3, -0.25) is 4.79 Å². The molecule has 1 aromatic rings. The monoisotopic (exact) mass is 399 g/mol. The van der Waals surface area contributed by atoms with Crippen LogP contribution in [0.1, 0.15) is 31.2 Å². The van der Waals surface area contributed by atoms with Gasteiger partial charge in [-0.05, 0) is 30.5 Å². The molecule has 0 bridgehead atoms. The highest BCUT2D eigenvalue weighted by atomic mass is 35.5. The van der Waals surface area contributed by atoms with Crippen LogP contribution in [0.15, 0.2) is 18.2 Å². The van der Waals surface area contributed by atoms with Crippen molar-refractivity contribution in [2.24, 2.45) is 0 Å². The lowest BCUT2D eigenvalue weighted by Gasteiger charge is -2.36. The van der Waals surface area contributed by atoms with E-state index in [0.717, 1.165) is 51.1 Å². The highest BCUT2D eigenvalue weighted by Gasteiger charge is 2.30. The van der Waals surface area contributed by atoms with Gasteiger partial charge in [0.2, 0.25) is 5.91 Å². The number of hydrogen-bond donors (Lipinski definition) is 2. The molecule has 144 valence electrons. The first-order valence-corrected chi connectivity index (χ1v) is 10.0. The smallest absolute Gasteiger partial charge is 0.217 e. The quantitative estimate of drug-likeness (QED) is 0.816. The van der Waals surface area contributed by atoms with Crippen molar-refractivity contribution in [3.8, 4) is 0 Å². The lowest BCUT2D eigenvalue weighted by atomic mass is 9.92. The Labute approximate surface area is 165 Å². The number of amides is 1. The zero-order chi connectivity index (χ0) is 18.5. The summed E-state index contributed by atoms with van der Waals surface area (Å²) in [5.41, 5.74) is 1.16.